The molecule has 3 saturated heterocycles. The van der Waals surface area contributed by atoms with Crippen LogP contribution < -0.4 is 24.7 Å². The van der Waals surface area contributed by atoms with Gasteiger partial charge in [-0.25, -0.2) is 22.0 Å². The molecule has 0 N–H and O–H groups in total. The predicted octanol–water partition coefficient (Wildman–Crippen LogP) is 8.66. The zero-order valence-electron chi connectivity index (χ0n) is 34.1. The Hall–Kier alpha value is -5.18. The van der Waals surface area contributed by atoms with Crippen molar-refractivity contribution in [1.29, 1.82) is 0 Å². The number of benzene rings is 4. The second kappa shape index (κ2) is 16.7. The van der Waals surface area contributed by atoms with E-state index in [1.807, 2.05) is 88.4 Å². The normalized spacial score (nSPS) is 20.0. The molecule has 0 saturated carbocycles. The molecule has 314 valence electrons. The number of piperidine rings is 1. The van der Waals surface area contributed by atoms with Crippen molar-refractivity contribution in [3.05, 3.63) is 132 Å². The van der Waals surface area contributed by atoms with Crippen molar-refractivity contribution in [2.75, 3.05) is 49.1 Å². The summed E-state index contributed by atoms with van der Waals surface area (Å²) in [6.45, 7) is 8.29. The van der Waals surface area contributed by atoms with Crippen LogP contribution in [0.2, 0.25) is 0 Å². The van der Waals surface area contributed by atoms with Gasteiger partial charge in [0.15, 0.2) is 11.6 Å². The summed E-state index contributed by atoms with van der Waals surface area (Å²) < 4.78 is 103. The van der Waals surface area contributed by atoms with E-state index in [2.05, 4.69) is 4.98 Å². The van der Waals surface area contributed by atoms with Crippen molar-refractivity contribution in [2.24, 2.45) is 0 Å². The van der Waals surface area contributed by atoms with E-state index in [4.69, 9.17) is 18.8 Å². The van der Waals surface area contributed by atoms with Crippen molar-refractivity contribution in [2.45, 2.75) is 70.5 Å². The van der Waals surface area contributed by atoms with E-state index >= 15 is 22.0 Å². The number of hydrogen-bond acceptors (Lipinski definition) is 8. The Bertz CT molecular complexity index is 2280. The maximum atomic E-state index is 16.0. The fraction of sp³-hybridized carbons (Fsp3) is 0.370. The Morgan fingerprint density at radius 2 is 1.30 bits per heavy atom. The number of nitrogens with zero attached hydrogens (tertiary/aromatic N) is 4. The summed E-state index contributed by atoms with van der Waals surface area (Å²) in [6, 6.07) is 29.1. The fourth-order valence-electron chi connectivity index (χ4n) is 8.03. The first-order valence-corrected chi connectivity index (χ1v) is 20.3. The number of anilines is 2. The second-order valence-corrected chi connectivity index (χ2v) is 16.6. The monoisotopic (exact) mass is 826 g/mol. The van der Waals surface area contributed by atoms with Crippen molar-refractivity contribution in [3.8, 4) is 22.9 Å². The van der Waals surface area contributed by atoms with Gasteiger partial charge in [-0.2, -0.15) is 4.98 Å². The minimum Gasteiger partial charge on any atom is -0.473 e. The average Bonchev–Trinajstić information content (AvgIpc) is 3.46. The third-order valence-corrected chi connectivity index (χ3v) is 12.1. The molecule has 14 heteroatoms. The fourth-order valence-corrected chi connectivity index (χ4v) is 8.03. The highest BCUT2D eigenvalue weighted by molar-refractivity contribution is 6.62. The van der Waals surface area contributed by atoms with E-state index in [0.717, 1.165) is 11.1 Å². The molecule has 3 fully saturated rings. The first-order chi connectivity index (χ1) is 28.7. The van der Waals surface area contributed by atoms with E-state index in [-0.39, 0.29) is 68.5 Å². The molecular formula is C46H48BF5N4O4. The Morgan fingerprint density at radius 3 is 1.92 bits per heavy atom. The summed E-state index contributed by atoms with van der Waals surface area (Å²) >= 11 is 0. The molecule has 0 aliphatic carbocycles. The molecule has 0 radical (unpaired) electrons. The lowest BCUT2D eigenvalue weighted by molar-refractivity contribution is -0.0892. The number of piperazine rings is 1. The van der Waals surface area contributed by atoms with Gasteiger partial charge in [0.1, 0.15) is 19.0 Å². The van der Waals surface area contributed by atoms with Crippen LogP contribution in [0.1, 0.15) is 45.2 Å². The highest BCUT2D eigenvalue weighted by atomic mass is 19.3. The lowest BCUT2D eigenvalue weighted by Crippen LogP contribution is -2.62. The van der Waals surface area contributed by atoms with Crippen LogP contribution in [-0.4, -0.2) is 79.4 Å². The summed E-state index contributed by atoms with van der Waals surface area (Å²) in [7, 11) is -1.06. The van der Waals surface area contributed by atoms with Gasteiger partial charge >= 0.3 is 7.12 Å². The highest BCUT2D eigenvalue weighted by Gasteiger charge is 2.53. The molecule has 3 aliphatic rings. The van der Waals surface area contributed by atoms with Gasteiger partial charge in [-0.15, -0.1) is 0 Å². The topological polar surface area (TPSA) is 59.5 Å². The molecule has 5 aromatic rings. The molecule has 0 unspecified atom stereocenters. The molecule has 4 heterocycles. The van der Waals surface area contributed by atoms with Gasteiger partial charge in [-0.1, -0.05) is 72.8 Å². The lowest BCUT2D eigenvalue weighted by Gasteiger charge is -2.47. The molecule has 60 heavy (non-hydrogen) atoms. The molecule has 4 aromatic carbocycles. The van der Waals surface area contributed by atoms with E-state index < -0.39 is 54.3 Å². The minimum atomic E-state index is -3.18. The number of pyridine rings is 1. The Labute approximate surface area is 348 Å². The molecule has 8 nitrogen and oxygen atoms in total. The van der Waals surface area contributed by atoms with Gasteiger partial charge in [0, 0.05) is 49.8 Å². The number of aromatic nitrogens is 1. The van der Waals surface area contributed by atoms with Crippen LogP contribution in [0.15, 0.2) is 103 Å². The number of ether oxygens (including phenoxy) is 2. The first-order valence-electron chi connectivity index (χ1n) is 20.3. The Morgan fingerprint density at radius 1 is 0.683 bits per heavy atom. The van der Waals surface area contributed by atoms with Crippen molar-refractivity contribution < 1.29 is 40.7 Å². The van der Waals surface area contributed by atoms with Crippen LogP contribution in [-0.2, 0) is 22.5 Å². The lowest BCUT2D eigenvalue weighted by atomic mass is 9.78. The highest BCUT2D eigenvalue weighted by Crippen LogP contribution is 2.40. The largest absolute Gasteiger partial charge is 0.497 e. The summed E-state index contributed by atoms with van der Waals surface area (Å²) in [4.78, 5) is 9.39. The standard InChI is InChI=1S/C46H48BF5N4O4/c1-44(2)45(3,4)60-47(59-44)35-17-19-38(42(50)41(35)49)54-23-25-55(26-24-54)39-21-22-56(30-46(39,51)52)37-18-15-33(27-36(37)48)34-16-20-40(57-28-31-11-7-5-8-12-31)53-43(34)58-29-32-13-9-6-10-14-32/h5-20,27,39H,21-26,28-30H2,1-4H3/t39-/m0/s1. The predicted molar refractivity (Wildman–Crippen MR) is 223 cm³/mol. The van der Waals surface area contributed by atoms with Gasteiger partial charge in [-0.05, 0) is 75.1 Å². The molecule has 8 rings (SSSR count). The van der Waals surface area contributed by atoms with Crippen LogP contribution in [0.4, 0.5) is 33.3 Å². The van der Waals surface area contributed by atoms with Crippen LogP contribution >= 0.6 is 0 Å². The van der Waals surface area contributed by atoms with Crippen molar-refractivity contribution in [1.82, 2.24) is 9.88 Å². The molecule has 0 spiro atoms. The SMILES string of the molecule is CC1(C)OB(c2ccc(N3CCN([C@H]4CCN(c5ccc(-c6ccc(OCc7ccccc7)nc6OCc6ccccc6)cc5F)CC4(F)F)CC3)c(F)c2F)OC1(C)C. The van der Waals surface area contributed by atoms with E-state index in [1.54, 1.807) is 28.0 Å². The maximum Gasteiger partial charge on any atom is 0.497 e. The third-order valence-electron chi connectivity index (χ3n) is 12.1. The molecular weight excluding hydrogens is 778 g/mol. The molecule has 0 amide bonds. The maximum absolute atomic E-state index is 16.0. The van der Waals surface area contributed by atoms with E-state index in [0.29, 0.717) is 23.6 Å². The van der Waals surface area contributed by atoms with Crippen molar-refractivity contribution >= 4 is 24.0 Å². The van der Waals surface area contributed by atoms with Gasteiger partial charge < -0.3 is 28.6 Å². The summed E-state index contributed by atoms with van der Waals surface area (Å²) in [5.74, 6) is -5.32. The zero-order valence-corrected chi connectivity index (χ0v) is 34.1. The zero-order chi connectivity index (χ0) is 42.2. The van der Waals surface area contributed by atoms with E-state index in [1.165, 1.54) is 29.2 Å². The van der Waals surface area contributed by atoms with Gasteiger partial charge in [0.25, 0.3) is 5.92 Å². The van der Waals surface area contributed by atoms with Crippen molar-refractivity contribution in [3.63, 3.8) is 0 Å². The second-order valence-electron chi connectivity index (χ2n) is 16.6. The third kappa shape index (κ3) is 8.55. The Kier molecular flexibility index (Phi) is 11.6. The summed E-state index contributed by atoms with van der Waals surface area (Å²) in [5.41, 5.74) is 1.55. The first kappa shape index (κ1) is 41.6. The van der Waals surface area contributed by atoms with Gasteiger partial charge in [0.2, 0.25) is 11.8 Å². The number of alkyl halides is 2. The van der Waals surface area contributed by atoms with Crippen LogP contribution in [0.25, 0.3) is 11.1 Å². The molecule has 1 aromatic heterocycles. The Balaban J connectivity index is 0.918. The van der Waals surface area contributed by atoms with Crippen LogP contribution in [0.3, 0.4) is 0 Å². The molecule has 1 atom stereocenters. The number of hydrogen-bond donors (Lipinski definition) is 0. The van der Waals surface area contributed by atoms with Gasteiger partial charge in [-0.3, -0.25) is 4.90 Å². The molecule has 0 bridgehead atoms. The minimum absolute atomic E-state index is 0.0282. The van der Waals surface area contributed by atoms with Gasteiger partial charge in [0.05, 0.1) is 35.2 Å². The average molecular weight is 827 g/mol. The summed E-state index contributed by atoms with van der Waals surface area (Å²) in [5, 5.41) is 0. The summed E-state index contributed by atoms with van der Waals surface area (Å²) in [6.07, 6.45) is 0.0891. The van der Waals surface area contributed by atoms with E-state index in [9.17, 15) is 0 Å². The number of rotatable bonds is 11. The smallest absolute Gasteiger partial charge is 0.473 e. The van der Waals surface area contributed by atoms with Crippen LogP contribution in [0.5, 0.6) is 11.8 Å². The molecule has 3 aliphatic heterocycles. The quantitative estimate of drug-likeness (QED) is 0.0970. The number of halogens is 5. The van der Waals surface area contributed by atoms with Crippen LogP contribution in [0, 0.1) is 17.5 Å².